The molecule has 1 fully saturated rings. The van der Waals surface area contributed by atoms with Crippen molar-refractivity contribution in [1.82, 2.24) is 4.98 Å². The summed E-state index contributed by atoms with van der Waals surface area (Å²) in [7, 11) is 0. The summed E-state index contributed by atoms with van der Waals surface area (Å²) in [5, 5.41) is 4.89. The number of para-hydroxylation sites is 2. The summed E-state index contributed by atoms with van der Waals surface area (Å²) in [4.78, 5) is 19.7. The van der Waals surface area contributed by atoms with Gasteiger partial charge in [-0.1, -0.05) is 23.9 Å². The second kappa shape index (κ2) is 8.64. The van der Waals surface area contributed by atoms with Crippen LogP contribution in [0.5, 0.6) is 11.5 Å². The van der Waals surface area contributed by atoms with Crippen LogP contribution in [0.15, 0.2) is 47.5 Å². The fourth-order valence-corrected chi connectivity index (χ4v) is 4.57. The molecule has 1 saturated heterocycles. The van der Waals surface area contributed by atoms with Crippen molar-refractivity contribution in [3.8, 4) is 11.5 Å². The van der Waals surface area contributed by atoms with Crippen molar-refractivity contribution in [2.75, 3.05) is 49.1 Å². The average molecular weight is 438 g/mol. The number of hydrogen-bond donors (Lipinski definition) is 1. The van der Waals surface area contributed by atoms with Crippen molar-refractivity contribution in [2.45, 2.75) is 11.9 Å². The van der Waals surface area contributed by atoms with Crippen molar-refractivity contribution in [3.05, 3.63) is 48.0 Å². The number of ether oxygens (including phenoxy) is 3. The van der Waals surface area contributed by atoms with Gasteiger partial charge in [-0.05, 0) is 36.8 Å². The molecule has 2 aliphatic heterocycles. The predicted octanol–water partition coefficient (Wildman–Crippen LogP) is 3.84. The van der Waals surface area contributed by atoms with Crippen LogP contribution in [0.1, 0.15) is 5.56 Å². The van der Waals surface area contributed by atoms with Crippen LogP contribution in [0.4, 0.5) is 11.4 Å². The fourth-order valence-electron chi connectivity index (χ4n) is 3.78. The van der Waals surface area contributed by atoms with Crippen molar-refractivity contribution >= 4 is 39.9 Å². The maximum Gasteiger partial charge on any atom is 0.234 e. The number of carbonyl (C=O) groups excluding carboxylic acids is 1. The van der Waals surface area contributed by atoms with Crippen LogP contribution in [0.25, 0.3) is 10.9 Å². The molecule has 1 amide bonds. The third-order valence-electron chi connectivity index (χ3n) is 5.32. The van der Waals surface area contributed by atoms with E-state index < -0.39 is 0 Å². The number of anilines is 2. The molecule has 1 aromatic heterocycles. The molecule has 3 aromatic rings. The van der Waals surface area contributed by atoms with E-state index in [1.807, 2.05) is 43.3 Å². The number of pyridine rings is 1. The molecule has 0 aliphatic carbocycles. The first kappa shape index (κ1) is 20.0. The summed E-state index contributed by atoms with van der Waals surface area (Å²) in [6.45, 7) is 5.28. The Morgan fingerprint density at radius 3 is 2.74 bits per heavy atom. The number of benzene rings is 2. The summed E-state index contributed by atoms with van der Waals surface area (Å²) in [5.74, 6) is 1.67. The second-order valence-corrected chi connectivity index (χ2v) is 8.43. The first-order valence-corrected chi connectivity index (χ1v) is 11.2. The lowest BCUT2D eigenvalue weighted by molar-refractivity contribution is -0.113. The van der Waals surface area contributed by atoms with E-state index in [1.165, 1.54) is 11.8 Å². The van der Waals surface area contributed by atoms with E-state index in [9.17, 15) is 4.79 Å². The van der Waals surface area contributed by atoms with Gasteiger partial charge >= 0.3 is 0 Å². The third kappa shape index (κ3) is 4.26. The molecule has 0 radical (unpaired) electrons. The van der Waals surface area contributed by atoms with Gasteiger partial charge in [-0.2, -0.15) is 0 Å². The Kier molecular flexibility index (Phi) is 5.57. The molecule has 5 rings (SSSR count). The molecule has 0 unspecified atom stereocenters. The smallest absolute Gasteiger partial charge is 0.234 e. The highest BCUT2D eigenvalue weighted by molar-refractivity contribution is 8.00. The highest BCUT2D eigenvalue weighted by Crippen LogP contribution is 2.37. The first-order valence-electron chi connectivity index (χ1n) is 10.2. The Balaban J connectivity index is 1.28. The number of carbonyl (C=O) groups is 1. The van der Waals surface area contributed by atoms with E-state index in [1.54, 1.807) is 0 Å². The van der Waals surface area contributed by atoms with Crippen molar-refractivity contribution in [2.24, 2.45) is 0 Å². The quantitative estimate of drug-likeness (QED) is 0.608. The second-order valence-electron chi connectivity index (χ2n) is 7.46. The van der Waals surface area contributed by atoms with Crippen LogP contribution in [0.2, 0.25) is 0 Å². The van der Waals surface area contributed by atoms with Gasteiger partial charge in [0.1, 0.15) is 5.03 Å². The fraction of sp³-hybridized carbons (Fsp3) is 0.304. The minimum absolute atomic E-state index is 0.0577. The van der Waals surface area contributed by atoms with Gasteiger partial charge in [-0.25, -0.2) is 4.98 Å². The Bertz CT molecular complexity index is 1130. The molecule has 160 valence electrons. The largest absolute Gasteiger partial charge is 0.454 e. The zero-order chi connectivity index (χ0) is 21.2. The Morgan fingerprint density at radius 1 is 1.13 bits per heavy atom. The summed E-state index contributed by atoms with van der Waals surface area (Å²) >= 11 is 1.44. The lowest BCUT2D eigenvalue weighted by Crippen LogP contribution is -2.36. The molecular formula is C23H23N3O4S. The number of rotatable bonds is 5. The maximum atomic E-state index is 12.7. The molecule has 1 N–H and O–H groups in total. The number of nitrogens with zero attached hydrogens (tertiary/aromatic N) is 2. The van der Waals surface area contributed by atoms with E-state index in [-0.39, 0.29) is 18.5 Å². The first-order chi connectivity index (χ1) is 15.2. The highest BCUT2D eigenvalue weighted by atomic mass is 32.2. The summed E-state index contributed by atoms with van der Waals surface area (Å²) in [6.07, 6.45) is 0. The van der Waals surface area contributed by atoms with E-state index in [2.05, 4.69) is 16.3 Å². The van der Waals surface area contributed by atoms with Gasteiger partial charge in [0.25, 0.3) is 0 Å². The average Bonchev–Trinajstić information content (AvgIpc) is 3.24. The number of amides is 1. The van der Waals surface area contributed by atoms with Crippen LogP contribution in [0.3, 0.4) is 0 Å². The zero-order valence-corrected chi connectivity index (χ0v) is 18.0. The molecule has 2 aliphatic rings. The zero-order valence-electron chi connectivity index (χ0n) is 17.2. The van der Waals surface area contributed by atoms with Crippen LogP contribution in [-0.2, 0) is 9.53 Å². The van der Waals surface area contributed by atoms with Gasteiger partial charge < -0.3 is 24.4 Å². The van der Waals surface area contributed by atoms with Gasteiger partial charge in [-0.15, -0.1) is 0 Å². The van der Waals surface area contributed by atoms with Gasteiger partial charge in [0, 0.05) is 24.5 Å². The number of aryl methyl sites for hydroxylation is 1. The van der Waals surface area contributed by atoms with Gasteiger partial charge in [0.05, 0.1) is 35.9 Å². The molecule has 0 atom stereocenters. The number of morpholine rings is 1. The lowest BCUT2D eigenvalue weighted by atomic mass is 10.1. The maximum absolute atomic E-state index is 12.7. The van der Waals surface area contributed by atoms with Crippen LogP contribution >= 0.6 is 11.8 Å². The van der Waals surface area contributed by atoms with Crippen LogP contribution < -0.4 is 19.7 Å². The van der Waals surface area contributed by atoms with E-state index >= 15 is 0 Å². The molecule has 7 nitrogen and oxygen atoms in total. The SMILES string of the molecule is Cc1cc2cc3c(cc2nc1SCC(=O)Nc1ccccc1N1CCOCC1)OCO3. The highest BCUT2D eigenvalue weighted by Gasteiger charge is 2.18. The molecule has 0 saturated carbocycles. The lowest BCUT2D eigenvalue weighted by Gasteiger charge is -2.30. The summed E-state index contributed by atoms with van der Waals surface area (Å²) in [5.41, 5.74) is 3.71. The predicted molar refractivity (Wildman–Crippen MR) is 121 cm³/mol. The Hall–Kier alpha value is -2.97. The normalized spacial score (nSPS) is 15.3. The molecular weight excluding hydrogens is 414 g/mol. The van der Waals surface area contributed by atoms with Crippen LogP contribution in [0, 0.1) is 6.92 Å². The van der Waals surface area contributed by atoms with Crippen molar-refractivity contribution in [3.63, 3.8) is 0 Å². The van der Waals surface area contributed by atoms with Gasteiger partial charge in [0.2, 0.25) is 12.7 Å². The number of aromatic nitrogens is 1. The molecule has 0 bridgehead atoms. The minimum atomic E-state index is -0.0577. The van der Waals surface area contributed by atoms with Gasteiger partial charge in [-0.3, -0.25) is 4.79 Å². The Morgan fingerprint density at radius 2 is 1.90 bits per heavy atom. The summed E-state index contributed by atoms with van der Waals surface area (Å²) in [6, 6.07) is 13.8. The molecule has 8 heteroatoms. The van der Waals surface area contributed by atoms with Crippen molar-refractivity contribution < 1.29 is 19.0 Å². The molecule has 2 aromatic carbocycles. The number of thioether (sulfide) groups is 1. The number of fused-ring (bicyclic) bond motifs is 2. The Labute approximate surface area is 184 Å². The molecule has 3 heterocycles. The monoisotopic (exact) mass is 437 g/mol. The van der Waals surface area contributed by atoms with E-state index in [4.69, 9.17) is 19.2 Å². The number of hydrogen-bond acceptors (Lipinski definition) is 7. The topological polar surface area (TPSA) is 72.9 Å². The number of nitrogens with one attached hydrogen (secondary N) is 1. The van der Waals surface area contributed by atoms with Gasteiger partial charge in [0.15, 0.2) is 11.5 Å². The van der Waals surface area contributed by atoms with Crippen molar-refractivity contribution in [1.29, 1.82) is 0 Å². The molecule has 0 spiro atoms. The minimum Gasteiger partial charge on any atom is -0.454 e. The standard InChI is InChI=1S/C23H23N3O4S/c1-15-10-16-11-20-21(30-14-29-20)12-18(16)25-23(15)31-13-22(27)24-17-4-2-3-5-19(17)26-6-8-28-9-7-26/h2-5,10-12H,6-9,13-14H2,1H3,(H,24,27). The van der Waals surface area contributed by atoms with E-state index in [0.717, 1.165) is 51.7 Å². The molecule has 31 heavy (non-hydrogen) atoms. The summed E-state index contributed by atoms with van der Waals surface area (Å²) < 4.78 is 16.3. The third-order valence-corrected chi connectivity index (χ3v) is 6.42. The van der Waals surface area contributed by atoms with E-state index in [0.29, 0.717) is 19.0 Å². The van der Waals surface area contributed by atoms with Crippen LogP contribution in [-0.4, -0.2) is 49.7 Å².